The Morgan fingerprint density at radius 1 is 1.06 bits per heavy atom. The van der Waals surface area contributed by atoms with Crippen LogP contribution < -0.4 is 5.32 Å². The van der Waals surface area contributed by atoms with Gasteiger partial charge in [-0.3, -0.25) is 4.79 Å². The lowest BCUT2D eigenvalue weighted by Crippen LogP contribution is -2.11. The van der Waals surface area contributed by atoms with E-state index in [1.54, 1.807) is 25.3 Å². The minimum atomic E-state index is -4.61. The molecule has 0 radical (unpaired) electrons. The Morgan fingerprint density at radius 2 is 1.88 bits per heavy atom. The van der Waals surface area contributed by atoms with Crippen molar-refractivity contribution in [2.45, 2.75) is 13.1 Å². The van der Waals surface area contributed by atoms with Gasteiger partial charge in [-0.2, -0.15) is 17.6 Å². The first-order chi connectivity index (χ1) is 15.2. The molecule has 0 bridgehead atoms. The van der Waals surface area contributed by atoms with Crippen LogP contribution in [-0.4, -0.2) is 20.9 Å². The van der Waals surface area contributed by atoms with E-state index in [0.29, 0.717) is 27.7 Å². The molecule has 2 N–H and O–H groups in total. The maximum absolute atomic E-state index is 13.6. The SMILES string of the molecule is CC=CC(=O)Nc1cc(-c2cnc3[nH]cc(-c4ccnc(F)c4)c3c2)cc(C(F)(F)F)c1. The Bertz CT molecular complexity index is 1340. The molecule has 162 valence electrons. The summed E-state index contributed by atoms with van der Waals surface area (Å²) in [5.74, 6) is -1.20. The molecule has 0 saturated carbocycles. The standard InChI is InChI=1S/C23H16F4N4O/c1-2-3-21(32)31-17-7-14(6-16(10-17)23(25,26)27)15-8-18-19(12-30-22(18)29-11-15)13-4-5-28-20(24)9-13/h2-12H,1H3,(H,29,30)(H,31,32). The molecule has 0 spiro atoms. The zero-order valence-electron chi connectivity index (χ0n) is 16.7. The summed E-state index contributed by atoms with van der Waals surface area (Å²) in [6.45, 7) is 1.63. The van der Waals surface area contributed by atoms with Crippen LogP contribution in [0.2, 0.25) is 0 Å². The van der Waals surface area contributed by atoms with Gasteiger partial charge >= 0.3 is 6.18 Å². The number of allylic oxidation sites excluding steroid dienone is 1. The number of benzene rings is 1. The average Bonchev–Trinajstić information content (AvgIpc) is 3.16. The molecule has 9 heteroatoms. The van der Waals surface area contributed by atoms with Gasteiger partial charge in [0.1, 0.15) is 5.65 Å². The number of nitrogens with zero attached hydrogens (tertiary/aromatic N) is 2. The molecule has 1 amide bonds. The third kappa shape index (κ3) is 4.36. The first-order valence-electron chi connectivity index (χ1n) is 9.50. The van der Waals surface area contributed by atoms with Crippen molar-refractivity contribution in [2.24, 2.45) is 0 Å². The Kier molecular flexibility index (Phi) is 5.48. The summed E-state index contributed by atoms with van der Waals surface area (Å²) in [5, 5.41) is 3.04. The molecule has 3 heterocycles. The van der Waals surface area contributed by atoms with Crippen molar-refractivity contribution < 1.29 is 22.4 Å². The minimum Gasteiger partial charge on any atom is -0.346 e. The van der Waals surface area contributed by atoms with Gasteiger partial charge < -0.3 is 10.3 Å². The summed E-state index contributed by atoms with van der Waals surface area (Å²) in [6, 6.07) is 7.86. The molecule has 0 saturated heterocycles. The molecule has 0 aliphatic heterocycles. The van der Waals surface area contributed by atoms with E-state index in [1.165, 1.54) is 36.7 Å². The van der Waals surface area contributed by atoms with Crippen molar-refractivity contribution in [3.8, 4) is 22.3 Å². The number of pyridine rings is 2. The molecular weight excluding hydrogens is 424 g/mol. The van der Waals surface area contributed by atoms with Gasteiger partial charge in [0, 0.05) is 46.9 Å². The van der Waals surface area contributed by atoms with Gasteiger partial charge in [0.2, 0.25) is 11.9 Å². The number of alkyl halides is 3. The number of aromatic nitrogens is 3. The lowest BCUT2D eigenvalue weighted by atomic mass is 10.0. The minimum absolute atomic E-state index is 0.00326. The predicted molar refractivity (Wildman–Crippen MR) is 113 cm³/mol. The largest absolute Gasteiger partial charge is 0.416 e. The van der Waals surface area contributed by atoms with Gasteiger partial charge in [-0.05, 0) is 54.5 Å². The van der Waals surface area contributed by atoms with Crippen molar-refractivity contribution in [3.05, 3.63) is 78.7 Å². The number of hydrogen-bond acceptors (Lipinski definition) is 3. The van der Waals surface area contributed by atoms with E-state index in [-0.39, 0.29) is 11.3 Å². The number of nitrogens with one attached hydrogen (secondary N) is 2. The molecule has 4 aromatic rings. The summed E-state index contributed by atoms with van der Waals surface area (Å²) < 4.78 is 54.0. The fraction of sp³-hybridized carbons (Fsp3) is 0.0870. The van der Waals surface area contributed by atoms with E-state index >= 15 is 0 Å². The van der Waals surface area contributed by atoms with Gasteiger partial charge in [0.05, 0.1) is 5.56 Å². The van der Waals surface area contributed by atoms with E-state index in [0.717, 1.165) is 12.1 Å². The van der Waals surface area contributed by atoms with Crippen LogP contribution in [0.15, 0.2) is 67.1 Å². The van der Waals surface area contributed by atoms with Crippen LogP contribution >= 0.6 is 0 Å². The first kappa shape index (κ1) is 21.2. The second-order valence-electron chi connectivity index (χ2n) is 6.98. The van der Waals surface area contributed by atoms with Gasteiger partial charge in [0.25, 0.3) is 0 Å². The van der Waals surface area contributed by atoms with Gasteiger partial charge in [0.15, 0.2) is 0 Å². The number of rotatable bonds is 4. The highest BCUT2D eigenvalue weighted by atomic mass is 19.4. The summed E-state index contributed by atoms with van der Waals surface area (Å²) in [6.07, 6.45) is 2.49. The van der Waals surface area contributed by atoms with E-state index in [1.807, 2.05) is 0 Å². The Hall–Kier alpha value is -4.01. The number of carbonyl (C=O) groups excluding carboxylic acids is 1. The van der Waals surface area contributed by atoms with Crippen molar-refractivity contribution in [1.29, 1.82) is 0 Å². The van der Waals surface area contributed by atoms with Crippen LogP contribution in [0.1, 0.15) is 12.5 Å². The van der Waals surface area contributed by atoms with E-state index in [9.17, 15) is 22.4 Å². The fourth-order valence-corrected chi connectivity index (χ4v) is 3.34. The highest BCUT2D eigenvalue weighted by Crippen LogP contribution is 2.36. The maximum Gasteiger partial charge on any atom is 0.416 e. The summed E-state index contributed by atoms with van der Waals surface area (Å²) >= 11 is 0. The molecular formula is C23H16F4N4O. The average molecular weight is 440 g/mol. The second kappa shape index (κ2) is 8.26. The molecule has 0 unspecified atom stereocenters. The van der Waals surface area contributed by atoms with Crippen LogP contribution in [0.5, 0.6) is 0 Å². The zero-order valence-corrected chi connectivity index (χ0v) is 16.7. The van der Waals surface area contributed by atoms with Crippen LogP contribution in [0, 0.1) is 5.95 Å². The lowest BCUT2D eigenvalue weighted by molar-refractivity contribution is -0.137. The fourth-order valence-electron chi connectivity index (χ4n) is 3.34. The lowest BCUT2D eigenvalue weighted by Gasteiger charge is -2.13. The molecule has 5 nitrogen and oxygen atoms in total. The third-order valence-electron chi connectivity index (χ3n) is 4.75. The van der Waals surface area contributed by atoms with Crippen LogP contribution in [0.4, 0.5) is 23.2 Å². The Morgan fingerprint density at radius 3 is 2.59 bits per heavy atom. The van der Waals surface area contributed by atoms with Crippen molar-refractivity contribution in [3.63, 3.8) is 0 Å². The Balaban J connectivity index is 1.84. The zero-order chi connectivity index (χ0) is 22.9. The molecule has 0 fully saturated rings. The monoisotopic (exact) mass is 440 g/mol. The van der Waals surface area contributed by atoms with Crippen LogP contribution in [-0.2, 0) is 11.0 Å². The molecule has 3 aromatic heterocycles. The number of amides is 1. The molecule has 32 heavy (non-hydrogen) atoms. The molecule has 1 aromatic carbocycles. The third-order valence-corrected chi connectivity index (χ3v) is 4.75. The predicted octanol–water partition coefficient (Wildman–Crippen LogP) is 5.96. The number of fused-ring (bicyclic) bond motifs is 1. The highest BCUT2D eigenvalue weighted by Gasteiger charge is 2.31. The van der Waals surface area contributed by atoms with Crippen LogP contribution in [0.25, 0.3) is 33.3 Å². The van der Waals surface area contributed by atoms with Crippen molar-refractivity contribution in [1.82, 2.24) is 15.0 Å². The number of carbonyl (C=O) groups is 1. The number of H-pyrrole nitrogens is 1. The van der Waals surface area contributed by atoms with E-state index in [2.05, 4.69) is 20.3 Å². The smallest absolute Gasteiger partial charge is 0.346 e. The van der Waals surface area contributed by atoms with E-state index in [4.69, 9.17) is 0 Å². The number of anilines is 1. The number of halogens is 4. The first-order valence-corrected chi connectivity index (χ1v) is 9.50. The normalized spacial score (nSPS) is 11.9. The highest BCUT2D eigenvalue weighted by molar-refractivity contribution is 6.00. The summed E-state index contributed by atoms with van der Waals surface area (Å²) in [7, 11) is 0. The molecule has 0 aliphatic rings. The quantitative estimate of drug-likeness (QED) is 0.234. The molecule has 0 aliphatic carbocycles. The van der Waals surface area contributed by atoms with Crippen LogP contribution in [0.3, 0.4) is 0 Å². The molecule has 0 atom stereocenters. The summed E-state index contributed by atoms with van der Waals surface area (Å²) in [5.41, 5.74) is 1.39. The van der Waals surface area contributed by atoms with Gasteiger partial charge in [-0.1, -0.05) is 6.08 Å². The van der Waals surface area contributed by atoms with E-state index < -0.39 is 23.6 Å². The van der Waals surface area contributed by atoms with Gasteiger partial charge in [-0.15, -0.1) is 0 Å². The second-order valence-corrected chi connectivity index (χ2v) is 6.98. The van der Waals surface area contributed by atoms with Gasteiger partial charge in [-0.25, -0.2) is 9.97 Å². The topological polar surface area (TPSA) is 70.7 Å². The summed E-state index contributed by atoms with van der Waals surface area (Å²) in [4.78, 5) is 22.7. The number of aromatic amines is 1. The van der Waals surface area contributed by atoms with Crippen molar-refractivity contribution in [2.75, 3.05) is 5.32 Å². The maximum atomic E-state index is 13.6. The Labute approximate surface area is 179 Å². The van der Waals surface area contributed by atoms with Crippen molar-refractivity contribution >= 4 is 22.6 Å². The number of hydrogen-bond donors (Lipinski definition) is 2. The molecule has 4 rings (SSSR count).